The highest BCUT2D eigenvalue weighted by Gasteiger charge is 2.26. The van der Waals surface area contributed by atoms with Gasteiger partial charge in [0.1, 0.15) is 0 Å². The summed E-state index contributed by atoms with van der Waals surface area (Å²) in [6.07, 6.45) is 0. The second-order valence-electron chi connectivity index (χ2n) is 5.46. The Balaban J connectivity index is 3.94. The number of hydrogen-bond acceptors (Lipinski definition) is 3. The van der Waals surface area contributed by atoms with E-state index in [1.807, 2.05) is 27.9 Å². The average molecular weight is 229 g/mol. The van der Waals surface area contributed by atoms with Crippen molar-refractivity contribution in [2.75, 3.05) is 33.7 Å². The van der Waals surface area contributed by atoms with E-state index in [4.69, 9.17) is 0 Å². The number of hydrogen-bond donors (Lipinski definition) is 2. The van der Waals surface area contributed by atoms with E-state index in [9.17, 15) is 4.79 Å². The molecule has 0 unspecified atom stereocenters. The molecule has 16 heavy (non-hydrogen) atoms. The summed E-state index contributed by atoms with van der Waals surface area (Å²) in [4.78, 5) is 13.9. The van der Waals surface area contributed by atoms with Crippen LogP contribution < -0.4 is 10.6 Å². The number of rotatable bonds is 7. The van der Waals surface area contributed by atoms with E-state index in [2.05, 4.69) is 29.4 Å². The fraction of sp³-hybridized carbons (Fsp3) is 0.917. The summed E-state index contributed by atoms with van der Waals surface area (Å²) < 4.78 is 0. The lowest BCUT2D eigenvalue weighted by molar-refractivity contribution is -0.126. The van der Waals surface area contributed by atoms with Crippen molar-refractivity contribution in [1.82, 2.24) is 15.5 Å². The number of nitrogens with one attached hydrogen (secondary N) is 2. The number of amides is 1. The molecule has 0 aliphatic heterocycles. The third kappa shape index (κ3) is 6.80. The normalized spacial score (nSPS) is 12.2. The van der Waals surface area contributed by atoms with E-state index in [0.29, 0.717) is 12.5 Å². The van der Waals surface area contributed by atoms with Crippen LogP contribution in [0.3, 0.4) is 0 Å². The van der Waals surface area contributed by atoms with Gasteiger partial charge in [-0.2, -0.15) is 0 Å². The topological polar surface area (TPSA) is 44.4 Å². The highest BCUT2D eigenvalue weighted by molar-refractivity contribution is 5.85. The van der Waals surface area contributed by atoms with E-state index in [1.165, 1.54) is 0 Å². The fourth-order valence-electron chi connectivity index (χ4n) is 1.15. The zero-order valence-corrected chi connectivity index (χ0v) is 11.6. The van der Waals surface area contributed by atoms with Crippen molar-refractivity contribution in [2.24, 2.45) is 5.92 Å². The molecule has 0 heterocycles. The molecule has 0 atom stereocenters. The molecule has 0 spiro atoms. The van der Waals surface area contributed by atoms with Gasteiger partial charge in [0.25, 0.3) is 0 Å². The molecule has 0 fully saturated rings. The smallest absolute Gasteiger partial charge is 0.239 e. The first-order chi connectivity index (χ1) is 7.25. The SMILES string of the molecule is CC(C)CNC(C)(C)C(=O)NCCN(C)C. The van der Waals surface area contributed by atoms with Crippen LogP contribution in [0.15, 0.2) is 0 Å². The first-order valence-electron chi connectivity index (χ1n) is 5.93. The molecule has 0 bridgehead atoms. The number of nitrogens with zero attached hydrogens (tertiary/aromatic N) is 1. The maximum atomic E-state index is 11.9. The lowest BCUT2D eigenvalue weighted by Crippen LogP contribution is -2.54. The molecule has 0 saturated heterocycles. The molecule has 0 aromatic rings. The molecule has 0 rings (SSSR count). The van der Waals surface area contributed by atoms with E-state index < -0.39 is 5.54 Å². The van der Waals surface area contributed by atoms with Crippen molar-refractivity contribution >= 4 is 5.91 Å². The summed E-state index contributed by atoms with van der Waals surface area (Å²) in [5.74, 6) is 0.615. The van der Waals surface area contributed by atoms with Gasteiger partial charge in [-0.3, -0.25) is 4.79 Å². The monoisotopic (exact) mass is 229 g/mol. The molecule has 4 nitrogen and oxygen atoms in total. The summed E-state index contributed by atoms with van der Waals surface area (Å²) >= 11 is 0. The van der Waals surface area contributed by atoms with Gasteiger partial charge >= 0.3 is 0 Å². The van der Waals surface area contributed by atoms with Crippen LogP contribution in [-0.4, -0.2) is 50.1 Å². The lowest BCUT2D eigenvalue weighted by atomic mass is 10.0. The van der Waals surface area contributed by atoms with Gasteiger partial charge in [0.2, 0.25) is 5.91 Å². The van der Waals surface area contributed by atoms with Crippen LogP contribution in [0.5, 0.6) is 0 Å². The minimum Gasteiger partial charge on any atom is -0.353 e. The Labute approximate surface area is 99.8 Å². The number of carbonyl (C=O) groups excluding carboxylic acids is 1. The molecule has 1 amide bonds. The van der Waals surface area contributed by atoms with Crippen LogP contribution >= 0.6 is 0 Å². The second-order valence-corrected chi connectivity index (χ2v) is 5.46. The van der Waals surface area contributed by atoms with Crippen molar-refractivity contribution in [1.29, 1.82) is 0 Å². The average Bonchev–Trinajstić information content (AvgIpc) is 2.14. The zero-order chi connectivity index (χ0) is 12.8. The van der Waals surface area contributed by atoms with E-state index >= 15 is 0 Å². The predicted molar refractivity (Wildman–Crippen MR) is 68.5 cm³/mol. The third-order valence-corrected chi connectivity index (χ3v) is 2.36. The van der Waals surface area contributed by atoms with Crippen LogP contribution in [-0.2, 0) is 4.79 Å². The minimum atomic E-state index is -0.490. The molecule has 0 aromatic heterocycles. The molecule has 96 valence electrons. The summed E-state index contributed by atoms with van der Waals surface area (Å²) in [6, 6.07) is 0. The van der Waals surface area contributed by atoms with E-state index in [-0.39, 0.29) is 5.91 Å². The maximum absolute atomic E-state index is 11.9. The van der Waals surface area contributed by atoms with Crippen molar-refractivity contribution in [3.63, 3.8) is 0 Å². The Bertz CT molecular complexity index is 212. The van der Waals surface area contributed by atoms with Crippen LogP contribution in [0.25, 0.3) is 0 Å². The summed E-state index contributed by atoms with van der Waals surface area (Å²) in [6.45, 7) is 10.5. The molecule has 0 radical (unpaired) electrons. The van der Waals surface area contributed by atoms with Crippen molar-refractivity contribution < 1.29 is 4.79 Å². The van der Waals surface area contributed by atoms with Gasteiger partial charge in [0, 0.05) is 13.1 Å². The van der Waals surface area contributed by atoms with E-state index in [0.717, 1.165) is 13.1 Å². The molecule has 2 N–H and O–H groups in total. The molecular formula is C12H27N3O. The van der Waals surface area contributed by atoms with Gasteiger partial charge in [0.15, 0.2) is 0 Å². The van der Waals surface area contributed by atoms with Gasteiger partial charge in [-0.15, -0.1) is 0 Å². The Hall–Kier alpha value is -0.610. The molecule has 0 aromatic carbocycles. The molecule has 0 aliphatic rings. The standard InChI is InChI=1S/C12H27N3O/c1-10(2)9-14-12(3,4)11(16)13-7-8-15(5)6/h10,14H,7-9H2,1-6H3,(H,13,16). The van der Waals surface area contributed by atoms with Crippen molar-refractivity contribution in [3.8, 4) is 0 Å². The molecule has 0 aliphatic carbocycles. The van der Waals surface area contributed by atoms with Gasteiger partial charge in [-0.25, -0.2) is 0 Å². The van der Waals surface area contributed by atoms with Gasteiger partial charge in [-0.05, 0) is 40.4 Å². The second kappa shape index (κ2) is 6.86. The Morgan fingerprint density at radius 2 is 1.88 bits per heavy atom. The third-order valence-electron chi connectivity index (χ3n) is 2.36. The first-order valence-corrected chi connectivity index (χ1v) is 5.93. The predicted octanol–water partition coefficient (Wildman–Crippen LogP) is 0.688. The van der Waals surface area contributed by atoms with Crippen LogP contribution in [0.4, 0.5) is 0 Å². The Morgan fingerprint density at radius 3 is 2.31 bits per heavy atom. The molecule has 4 heteroatoms. The highest BCUT2D eigenvalue weighted by atomic mass is 16.2. The number of likely N-dealkylation sites (N-methyl/N-ethyl adjacent to an activating group) is 1. The van der Waals surface area contributed by atoms with Crippen molar-refractivity contribution in [2.45, 2.75) is 33.2 Å². The Morgan fingerprint density at radius 1 is 1.31 bits per heavy atom. The fourth-order valence-corrected chi connectivity index (χ4v) is 1.15. The van der Waals surface area contributed by atoms with Crippen LogP contribution in [0, 0.1) is 5.92 Å². The largest absolute Gasteiger partial charge is 0.353 e. The van der Waals surface area contributed by atoms with Gasteiger partial charge in [0.05, 0.1) is 5.54 Å². The summed E-state index contributed by atoms with van der Waals surface area (Å²) in [5, 5.41) is 6.21. The molecular weight excluding hydrogens is 202 g/mol. The first kappa shape index (κ1) is 15.4. The summed E-state index contributed by atoms with van der Waals surface area (Å²) in [7, 11) is 3.99. The number of carbonyl (C=O) groups is 1. The zero-order valence-electron chi connectivity index (χ0n) is 11.6. The van der Waals surface area contributed by atoms with Gasteiger partial charge in [-0.1, -0.05) is 13.8 Å². The Kier molecular flexibility index (Phi) is 6.60. The quantitative estimate of drug-likeness (QED) is 0.675. The molecule has 0 saturated carbocycles. The minimum absolute atomic E-state index is 0.0648. The highest BCUT2D eigenvalue weighted by Crippen LogP contribution is 2.03. The van der Waals surface area contributed by atoms with Crippen LogP contribution in [0.1, 0.15) is 27.7 Å². The van der Waals surface area contributed by atoms with Gasteiger partial charge < -0.3 is 15.5 Å². The van der Waals surface area contributed by atoms with Crippen LogP contribution in [0.2, 0.25) is 0 Å². The maximum Gasteiger partial charge on any atom is 0.239 e. The summed E-state index contributed by atoms with van der Waals surface area (Å²) in [5.41, 5.74) is -0.490. The lowest BCUT2D eigenvalue weighted by Gasteiger charge is -2.26. The van der Waals surface area contributed by atoms with Crippen molar-refractivity contribution in [3.05, 3.63) is 0 Å². The van der Waals surface area contributed by atoms with E-state index in [1.54, 1.807) is 0 Å².